The molecule has 1 aromatic carbocycles. The Hall–Kier alpha value is -1.54. The zero-order valence-corrected chi connectivity index (χ0v) is 12.0. The van der Waals surface area contributed by atoms with Gasteiger partial charge in [0.15, 0.2) is 0 Å². The number of rotatable bonds is 7. The lowest BCUT2D eigenvalue weighted by atomic mass is 10.1. The van der Waals surface area contributed by atoms with Gasteiger partial charge < -0.3 is 9.88 Å². The highest BCUT2D eigenvalue weighted by Crippen LogP contribution is 2.20. The molecule has 0 radical (unpaired) electrons. The molecule has 19 heavy (non-hydrogen) atoms. The van der Waals surface area contributed by atoms with Crippen molar-refractivity contribution < 1.29 is 0 Å². The molecule has 2 nitrogen and oxygen atoms in total. The van der Waals surface area contributed by atoms with E-state index < -0.39 is 0 Å². The Morgan fingerprint density at radius 3 is 2.89 bits per heavy atom. The fourth-order valence-electron chi connectivity index (χ4n) is 2.40. The first-order chi connectivity index (χ1) is 9.22. The summed E-state index contributed by atoms with van der Waals surface area (Å²) in [5.74, 6) is 0.687. The molecular formula is C17H24N2. The van der Waals surface area contributed by atoms with Crippen LogP contribution in [-0.2, 0) is 13.1 Å². The third kappa shape index (κ3) is 3.48. The maximum absolute atomic E-state index is 3.81. The van der Waals surface area contributed by atoms with Crippen LogP contribution in [0, 0.1) is 5.92 Å². The molecule has 0 fully saturated rings. The molecule has 1 N–H and O–H groups in total. The van der Waals surface area contributed by atoms with Crippen molar-refractivity contribution in [2.24, 2.45) is 5.92 Å². The third-order valence-electron chi connectivity index (χ3n) is 3.31. The Kier molecular flexibility index (Phi) is 4.80. The number of hydrogen-bond donors (Lipinski definition) is 1. The van der Waals surface area contributed by atoms with E-state index in [1.165, 1.54) is 16.5 Å². The molecule has 0 aliphatic heterocycles. The summed E-state index contributed by atoms with van der Waals surface area (Å²) in [4.78, 5) is 0. The van der Waals surface area contributed by atoms with E-state index in [9.17, 15) is 0 Å². The van der Waals surface area contributed by atoms with Crippen LogP contribution in [0.15, 0.2) is 43.1 Å². The summed E-state index contributed by atoms with van der Waals surface area (Å²) in [6.45, 7) is 11.3. The van der Waals surface area contributed by atoms with Gasteiger partial charge in [0.2, 0.25) is 0 Å². The summed E-state index contributed by atoms with van der Waals surface area (Å²) in [6, 6.07) is 8.75. The first kappa shape index (κ1) is 13.9. The Bertz CT molecular complexity index is 537. The normalized spacial score (nSPS) is 11.3. The van der Waals surface area contributed by atoms with Crippen molar-refractivity contribution >= 4 is 10.9 Å². The van der Waals surface area contributed by atoms with Crippen LogP contribution in [0.1, 0.15) is 25.8 Å². The van der Waals surface area contributed by atoms with Crippen LogP contribution in [0.2, 0.25) is 0 Å². The number of aryl methyl sites for hydroxylation is 1. The molecule has 0 saturated heterocycles. The van der Waals surface area contributed by atoms with Crippen LogP contribution >= 0.6 is 0 Å². The monoisotopic (exact) mass is 256 g/mol. The number of aromatic nitrogens is 1. The van der Waals surface area contributed by atoms with E-state index in [-0.39, 0.29) is 0 Å². The van der Waals surface area contributed by atoms with E-state index in [0.717, 1.165) is 26.1 Å². The van der Waals surface area contributed by atoms with E-state index in [4.69, 9.17) is 0 Å². The van der Waals surface area contributed by atoms with E-state index in [2.05, 4.69) is 60.8 Å². The van der Waals surface area contributed by atoms with Gasteiger partial charge in [-0.15, -0.1) is 6.58 Å². The van der Waals surface area contributed by atoms with Crippen LogP contribution in [-0.4, -0.2) is 11.1 Å². The number of nitrogens with one attached hydrogen (secondary N) is 1. The SMILES string of the molecule is C=CCCn1ccc2cccc(CNCC(C)C)c21. The largest absolute Gasteiger partial charge is 0.347 e. The van der Waals surface area contributed by atoms with Gasteiger partial charge in [-0.25, -0.2) is 0 Å². The van der Waals surface area contributed by atoms with Crippen molar-refractivity contribution in [3.8, 4) is 0 Å². The minimum Gasteiger partial charge on any atom is -0.347 e. The number of hydrogen-bond acceptors (Lipinski definition) is 1. The van der Waals surface area contributed by atoms with Crippen molar-refractivity contribution in [3.63, 3.8) is 0 Å². The Morgan fingerprint density at radius 1 is 1.32 bits per heavy atom. The highest BCUT2D eigenvalue weighted by Gasteiger charge is 2.06. The number of para-hydroxylation sites is 1. The predicted molar refractivity (Wildman–Crippen MR) is 83.3 cm³/mol. The molecule has 2 rings (SSSR count). The zero-order valence-electron chi connectivity index (χ0n) is 12.0. The van der Waals surface area contributed by atoms with Crippen molar-refractivity contribution in [2.75, 3.05) is 6.54 Å². The zero-order chi connectivity index (χ0) is 13.7. The summed E-state index contributed by atoms with van der Waals surface area (Å²) in [7, 11) is 0. The van der Waals surface area contributed by atoms with E-state index >= 15 is 0 Å². The lowest BCUT2D eigenvalue weighted by Crippen LogP contribution is -2.19. The molecule has 0 aliphatic carbocycles. The number of fused-ring (bicyclic) bond motifs is 1. The smallest absolute Gasteiger partial charge is 0.0525 e. The van der Waals surface area contributed by atoms with Gasteiger partial charge in [0.05, 0.1) is 5.52 Å². The molecule has 0 spiro atoms. The molecule has 2 heteroatoms. The minimum atomic E-state index is 0.687. The highest BCUT2D eigenvalue weighted by molar-refractivity contribution is 5.83. The quantitative estimate of drug-likeness (QED) is 0.742. The van der Waals surface area contributed by atoms with Crippen molar-refractivity contribution in [2.45, 2.75) is 33.4 Å². The summed E-state index contributed by atoms with van der Waals surface area (Å²) in [6.07, 6.45) is 5.17. The predicted octanol–water partition coefficient (Wildman–Crippen LogP) is 3.96. The van der Waals surface area contributed by atoms with Crippen molar-refractivity contribution in [1.29, 1.82) is 0 Å². The molecule has 0 aliphatic rings. The molecule has 0 saturated carbocycles. The molecule has 102 valence electrons. The van der Waals surface area contributed by atoms with Gasteiger partial charge in [0.25, 0.3) is 0 Å². The lowest BCUT2D eigenvalue weighted by Gasteiger charge is -2.11. The van der Waals surface area contributed by atoms with Gasteiger partial charge in [-0.2, -0.15) is 0 Å². The Labute approximate surface area is 116 Å². The molecule has 0 amide bonds. The van der Waals surface area contributed by atoms with E-state index in [1.807, 2.05) is 6.08 Å². The fourth-order valence-corrected chi connectivity index (χ4v) is 2.40. The Balaban J connectivity index is 2.21. The number of benzene rings is 1. The maximum Gasteiger partial charge on any atom is 0.0525 e. The van der Waals surface area contributed by atoms with Gasteiger partial charge in [-0.3, -0.25) is 0 Å². The van der Waals surface area contributed by atoms with Gasteiger partial charge in [-0.1, -0.05) is 38.1 Å². The summed E-state index contributed by atoms with van der Waals surface area (Å²) in [5.41, 5.74) is 2.74. The van der Waals surface area contributed by atoms with Crippen LogP contribution < -0.4 is 5.32 Å². The van der Waals surface area contributed by atoms with Crippen molar-refractivity contribution in [3.05, 3.63) is 48.7 Å². The fraction of sp³-hybridized carbons (Fsp3) is 0.412. The highest BCUT2D eigenvalue weighted by atomic mass is 15.0. The van der Waals surface area contributed by atoms with Crippen molar-refractivity contribution in [1.82, 2.24) is 9.88 Å². The molecule has 2 aromatic rings. The van der Waals surface area contributed by atoms with Crippen LogP contribution in [0.3, 0.4) is 0 Å². The first-order valence-corrected chi connectivity index (χ1v) is 7.10. The second kappa shape index (κ2) is 6.58. The molecule has 1 aromatic heterocycles. The number of nitrogens with zero attached hydrogens (tertiary/aromatic N) is 1. The Morgan fingerprint density at radius 2 is 2.16 bits per heavy atom. The average molecular weight is 256 g/mol. The summed E-state index contributed by atoms with van der Waals surface area (Å²) in [5, 5.41) is 4.86. The molecular weight excluding hydrogens is 232 g/mol. The van der Waals surface area contributed by atoms with E-state index in [0.29, 0.717) is 5.92 Å². The van der Waals surface area contributed by atoms with E-state index in [1.54, 1.807) is 0 Å². The average Bonchev–Trinajstić information content (AvgIpc) is 2.80. The van der Waals surface area contributed by atoms with Gasteiger partial charge in [-0.05, 0) is 35.9 Å². The van der Waals surface area contributed by atoms with Gasteiger partial charge in [0, 0.05) is 19.3 Å². The second-order valence-corrected chi connectivity index (χ2v) is 5.47. The first-order valence-electron chi connectivity index (χ1n) is 7.10. The summed E-state index contributed by atoms with van der Waals surface area (Å²) < 4.78 is 2.34. The topological polar surface area (TPSA) is 17.0 Å². The van der Waals surface area contributed by atoms with Crippen LogP contribution in [0.4, 0.5) is 0 Å². The lowest BCUT2D eigenvalue weighted by molar-refractivity contribution is 0.552. The molecule has 0 atom stereocenters. The standard InChI is InChI=1S/C17H24N2/c1-4-5-10-19-11-9-15-7-6-8-16(17(15)19)13-18-12-14(2)3/h4,6-9,11,14,18H,1,5,10,12-13H2,2-3H3. The third-order valence-corrected chi connectivity index (χ3v) is 3.31. The van der Waals surface area contributed by atoms with Crippen LogP contribution in [0.5, 0.6) is 0 Å². The molecule has 0 bridgehead atoms. The molecule has 1 heterocycles. The minimum absolute atomic E-state index is 0.687. The van der Waals surface area contributed by atoms with Gasteiger partial charge >= 0.3 is 0 Å². The van der Waals surface area contributed by atoms with Gasteiger partial charge in [0.1, 0.15) is 0 Å². The van der Waals surface area contributed by atoms with Crippen LogP contribution in [0.25, 0.3) is 10.9 Å². The maximum atomic E-state index is 3.81. The number of allylic oxidation sites excluding steroid dienone is 1. The summed E-state index contributed by atoms with van der Waals surface area (Å²) >= 11 is 0. The second-order valence-electron chi connectivity index (χ2n) is 5.47. The molecule has 0 unspecified atom stereocenters.